The van der Waals surface area contributed by atoms with Gasteiger partial charge in [0.2, 0.25) is 5.91 Å². The topological polar surface area (TPSA) is 84.9 Å². The molecule has 0 saturated carbocycles. The lowest BCUT2D eigenvalue weighted by Gasteiger charge is -2.25. The van der Waals surface area contributed by atoms with Crippen LogP contribution < -0.4 is 19.1 Å². The number of hydrogen-bond acceptors (Lipinski definition) is 5. The maximum absolute atomic E-state index is 13.7. The summed E-state index contributed by atoms with van der Waals surface area (Å²) in [7, 11) is -1.06. The predicted molar refractivity (Wildman–Crippen MR) is 155 cm³/mol. The first-order valence-corrected chi connectivity index (χ1v) is 14.2. The van der Waals surface area contributed by atoms with Crippen molar-refractivity contribution in [3.63, 3.8) is 0 Å². The smallest absolute Gasteiger partial charge is 0.264 e. The Labute approximate surface area is 230 Å². The van der Waals surface area contributed by atoms with Crippen molar-refractivity contribution in [1.82, 2.24) is 5.32 Å². The minimum atomic E-state index is -4.05. The van der Waals surface area contributed by atoms with Crippen LogP contribution in [-0.4, -0.2) is 41.6 Å². The fourth-order valence-corrected chi connectivity index (χ4v) is 5.94. The molecule has 1 amide bonds. The molecule has 4 rings (SSSR count). The molecule has 0 aliphatic carbocycles. The van der Waals surface area contributed by atoms with Crippen LogP contribution in [0.2, 0.25) is 0 Å². The molecule has 0 bridgehead atoms. The summed E-state index contributed by atoms with van der Waals surface area (Å²) in [5.41, 5.74) is 2.44. The van der Waals surface area contributed by atoms with Crippen molar-refractivity contribution in [2.45, 2.75) is 25.2 Å². The third kappa shape index (κ3) is 6.52. The van der Waals surface area contributed by atoms with Gasteiger partial charge in [-0.15, -0.1) is 0 Å². The van der Waals surface area contributed by atoms with Crippen LogP contribution in [0.4, 0.5) is 5.69 Å². The molecule has 1 atom stereocenters. The van der Waals surface area contributed by atoms with Gasteiger partial charge in [-0.25, -0.2) is 8.42 Å². The fraction of sp³-hybridized carbons (Fsp3) is 0.258. The van der Waals surface area contributed by atoms with E-state index in [2.05, 4.69) is 36.5 Å². The van der Waals surface area contributed by atoms with Gasteiger partial charge >= 0.3 is 0 Å². The van der Waals surface area contributed by atoms with Gasteiger partial charge in [-0.05, 0) is 59.9 Å². The number of hydrogen-bond donors (Lipinski definition) is 1. The summed E-state index contributed by atoms with van der Waals surface area (Å²) in [6, 6.07) is 25.8. The highest BCUT2D eigenvalue weighted by Crippen LogP contribution is 2.33. The summed E-state index contributed by atoms with van der Waals surface area (Å²) < 4.78 is 39.2. The van der Waals surface area contributed by atoms with Crippen molar-refractivity contribution in [3.05, 3.63) is 96.1 Å². The van der Waals surface area contributed by atoms with Crippen LogP contribution in [0.1, 0.15) is 18.1 Å². The number of rotatable bonds is 11. The van der Waals surface area contributed by atoms with Crippen molar-refractivity contribution in [2.24, 2.45) is 5.92 Å². The first-order chi connectivity index (χ1) is 18.7. The minimum Gasteiger partial charge on any atom is -0.493 e. The molecule has 0 saturated heterocycles. The van der Waals surface area contributed by atoms with E-state index in [-0.39, 0.29) is 17.4 Å². The molecule has 0 aliphatic heterocycles. The summed E-state index contributed by atoms with van der Waals surface area (Å²) in [6.07, 6.45) is 0.780. The zero-order valence-corrected chi connectivity index (χ0v) is 23.5. The van der Waals surface area contributed by atoms with Crippen molar-refractivity contribution in [2.75, 3.05) is 31.6 Å². The largest absolute Gasteiger partial charge is 0.493 e. The van der Waals surface area contributed by atoms with Crippen molar-refractivity contribution in [3.8, 4) is 11.5 Å². The molecule has 1 unspecified atom stereocenters. The number of sulfonamides is 1. The van der Waals surface area contributed by atoms with Gasteiger partial charge in [0.05, 0.1) is 24.8 Å². The lowest BCUT2D eigenvalue weighted by Crippen LogP contribution is -2.42. The first kappa shape index (κ1) is 28.0. The number of fused-ring (bicyclic) bond motifs is 1. The SMILES string of the molecule is COc1ccc(N(CC(=O)NCC(C)Cc2cccc3ccccc23)S(=O)(=O)c2ccc(C)cc2)cc1OC. The summed E-state index contributed by atoms with van der Waals surface area (Å²) in [5.74, 6) is 0.567. The van der Waals surface area contributed by atoms with Gasteiger partial charge in [-0.3, -0.25) is 9.10 Å². The summed E-state index contributed by atoms with van der Waals surface area (Å²) in [6.45, 7) is 3.98. The molecule has 0 fully saturated rings. The second-order valence-electron chi connectivity index (χ2n) is 9.62. The summed E-state index contributed by atoms with van der Waals surface area (Å²) in [5, 5.41) is 5.31. The number of carbonyl (C=O) groups is 1. The highest BCUT2D eigenvalue weighted by atomic mass is 32.2. The molecule has 4 aromatic rings. The van der Waals surface area contributed by atoms with Crippen LogP contribution in [0.15, 0.2) is 89.8 Å². The predicted octanol–water partition coefficient (Wildman–Crippen LogP) is 5.36. The van der Waals surface area contributed by atoms with Crippen LogP contribution >= 0.6 is 0 Å². The average molecular weight is 547 g/mol. The van der Waals surface area contributed by atoms with E-state index in [0.29, 0.717) is 23.7 Å². The summed E-state index contributed by atoms with van der Waals surface area (Å²) in [4.78, 5) is 13.2. The number of ether oxygens (including phenoxy) is 2. The zero-order valence-electron chi connectivity index (χ0n) is 22.7. The quantitative estimate of drug-likeness (QED) is 0.274. The molecule has 8 heteroatoms. The monoisotopic (exact) mass is 546 g/mol. The highest BCUT2D eigenvalue weighted by molar-refractivity contribution is 7.92. The number of nitrogens with zero attached hydrogens (tertiary/aromatic N) is 1. The Morgan fingerprint density at radius 1 is 0.897 bits per heavy atom. The Kier molecular flexibility index (Phi) is 8.76. The number of anilines is 1. The van der Waals surface area contributed by atoms with E-state index in [4.69, 9.17) is 9.47 Å². The Hall–Kier alpha value is -4.04. The first-order valence-electron chi connectivity index (χ1n) is 12.8. The van der Waals surface area contributed by atoms with E-state index in [0.717, 1.165) is 16.3 Å². The van der Waals surface area contributed by atoms with Crippen LogP contribution in [0.3, 0.4) is 0 Å². The Morgan fingerprint density at radius 3 is 2.31 bits per heavy atom. The molecule has 204 valence electrons. The van der Waals surface area contributed by atoms with Gasteiger partial charge < -0.3 is 14.8 Å². The second kappa shape index (κ2) is 12.2. The fourth-order valence-electron chi connectivity index (χ4n) is 4.53. The summed E-state index contributed by atoms with van der Waals surface area (Å²) >= 11 is 0. The lowest BCUT2D eigenvalue weighted by atomic mass is 9.96. The van der Waals surface area contributed by atoms with Gasteiger partial charge in [0.25, 0.3) is 10.0 Å². The minimum absolute atomic E-state index is 0.0972. The van der Waals surface area contributed by atoms with Crippen LogP contribution in [-0.2, 0) is 21.2 Å². The normalized spacial score (nSPS) is 12.1. The molecule has 0 heterocycles. The lowest BCUT2D eigenvalue weighted by molar-refractivity contribution is -0.119. The Morgan fingerprint density at radius 2 is 1.59 bits per heavy atom. The zero-order chi connectivity index (χ0) is 28.0. The van der Waals surface area contributed by atoms with Gasteiger partial charge in [0.1, 0.15) is 6.54 Å². The van der Waals surface area contributed by atoms with Gasteiger partial charge in [-0.2, -0.15) is 0 Å². The van der Waals surface area contributed by atoms with Crippen molar-refractivity contribution in [1.29, 1.82) is 0 Å². The van der Waals surface area contributed by atoms with Gasteiger partial charge in [0, 0.05) is 12.6 Å². The molecule has 0 aliphatic rings. The number of nitrogens with one attached hydrogen (secondary N) is 1. The molecular formula is C31H34N2O5S. The van der Waals surface area contributed by atoms with E-state index < -0.39 is 15.9 Å². The van der Waals surface area contributed by atoms with E-state index in [1.165, 1.54) is 30.6 Å². The van der Waals surface area contributed by atoms with Crippen LogP contribution in [0.25, 0.3) is 10.8 Å². The number of methoxy groups -OCH3 is 2. The highest BCUT2D eigenvalue weighted by Gasteiger charge is 2.28. The Bertz CT molecular complexity index is 1550. The molecule has 0 aromatic heterocycles. The molecule has 39 heavy (non-hydrogen) atoms. The number of carbonyl (C=O) groups excluding carboxylic acids is 1. The van der Waals surface area contributed by atoms with Gasteiger partial charge in [0.15, 0.2) is 11.5 Å². The molecule has 7 nitrogen and oxygen atoms in total. The van der Waals surface area contributed by atoms with Crippen molar-refractivity contribution >= 4 is 32.4 Å². The van der Waals surface area contributed by atoms with E-state index in [1.807, 2.05) is 25.1 Å². The van der Waals surface area contributed by atoms with Gasteiger partial charge in [-0.1, -0.05) is 67.1 Å². The Balaban J connectivity index is 1.53. The van der Waals surface area contributed by atoms with Crippen molar-refractivity contribution < 1.29 is 22.7 Å². The molecule has 4 aromatic carbocycles. The molecule has 0 spiro atoms. The number of amides is 1. The van der Waals surface area contributed by atoms with E-state index in [9.17, 15) is 13.2 Å². The third-order valence-corrected chi connectivity index (χ3v) is 8.44. The van der Waals surface area contributed by atoms with Crippen LogP contribution in [0, 0.1) is 12.8 Å². The van der Waals surface area contributed by atoms with E-state index in [1.54, 1.807) is 42.5 Å². The number of aryl methyl sites for hydroxylation is 1. The van der Waals surface area contributed by atoms with E-state index >= 15 is 0 Å². The molecule has 0 radical (unpaired) electrons. The second-order valence-corrected chi connectivity index (χ2v) is 11.5. The van der Waals surface area contributed by atoms with Crippen LogP contribution in [0.5, 0.6) is 11.5 Å². The molecule has 1 N–H and O–H groups in total. The standard InChI is InChI=1S/C31H34N2O5S/c1-22-12-15-27(16-13-22)39(35,36)33(26-14-17-29(37-3)30(19-26)38-4)21-31(34)32-20-23(2)18-25-10-7-9-24-8-5-6-11-28(24)25/h5-17,19,23H,18,20-21H2,1-4H3,(H,32,34). The number of benzene rings is 4. The third-order valence-electron chi connectivity index (χ3n) is 6.65. The average Bonchev–Trinajstić information content (AvgIpc) is 2.94. The maximum Gasteiger partial charge on any atom is 0.264 e. The molecular weight excluding hydrogens is 512 g/mol. The maximum atomic E-state index is 13.7.